The van der Waals surface area contributed by atoms with Crippen LogP contribution in [0.1, 0.15) is 70.3 Å². The normalized spacial score (nSPS) is 17.3. The highest BCUT2D eigenvalue weighted by Crippen LogP contribution is 2.30. The molecule has 34 heavy (non-hydrogen) atoms. The van der Waals surface area contributed by atoms with Gasteiger partial charge in [-0.3, -0.25) is 0 Å². The molecule has 1 aromatic heterocycles. The first-order chi connectivity index (χ1) is 16.0. The number of aromatic nitrogens is 2. The van der Waals surface area contributed by atoms with E-state index < -0.39 is 19.8 Å². The summed E-state index contributed by atoms with van der Waals surface area (Å²) in [5.74, 6) is 0.837. The number of alkyl carbamates (subject to hydrolysis) is 1. The van der Waals surface area contributed by atoms with E-state index in [1.54, 1.807) is 0 Å². The molecule has 0 aliphatic carbocycles. The minimum absolute atomic E-state index is 0.226. The van der Waals surface area contributed by atoms with Gasteiger partial charge in [-0.15, -0.1) is 0 Å². The predicted octanol–water partition coefficient (Wildman–Crippen LogP) is 6.93. The molecule has 0 fully saturated rings. The Morgan fingerprint density at radius 3 is 2.62 bits per heavy atom. The Morgan fingerprint density at radius 2 is 1.88 bits per heavy atom. The molecule has 0 radical (unpaired) electrons. The van der Waals surface area contributed by atoms with Gasteiger partial charge in [0, 0.05) is 26.4 Å². The first-order valence-electron chi connectivity index (χ1n) is 12.7. The third-order valence-corrected chi connectivity index (χ3v) is 7.72. The van der Waals surface area contributed by atoms with Crippen molar-refractivity contribution in [3.63, 3.8) is 0 Å². The van der Waals surface area contributed by atoms with Crippen LogP contribution >= 0.6 is 0 Å². The highest BCUT2D eigenvalue weighted by molar-refractivity contribution is 6.76. The van der Waals surface area contributed by atoms with Crippen LogP contribution in [0.25, 0.3) is 11.3 Å². The van der Waals surface area contributed by atoms with Crippen LogP contribution in [0.15, 0.2) is 30.5 Å². The van der Waals surface area contributed by atoms with Crippen LogP contribution in [-0.2, 0) is 22.6 Å². The number of hydrogen-bond donors (Lipinski definition) is 1. The lowest BCUT2D eigenvalue weighted by Crippen LogP contribution is -2.36. The Hall–Kier alpha value is -2.12. The van der Waals surface area contributed by atoms with Crippen molar-refractivity contribution in [1.29, 1.82) is 0 Å². The Kier molecular flexibility index (Phi) is 8.99. The van der Waals surface area contributed by atoms with Crippen molar-refractivity contribution in [2.24, 2.45) is 0 Å². The summed E-state index contributed by atoms with van der Waals surface area (Å²) in [5, 5.41) is 3.11. The SMILES string of the molecule is CC(C)(C)OC(=O)NC1CCCCCCc2ccccc2-c2cn(COCC[Si](C)(C)C)c1n2. The molecule has 1 amide bonds. The van der Waals surface area contributed by atoms with Crippen molar-refractivity contribution >= 4 is 14.2 Å². The number of amides is 1. The summed E-state index contributed by atoms with van der Waals surface area (Å²) in [5.41, 5.74) is 2.89. The van der Waals surface area contributed by atoms with Gasteiger partial charge in [-0.05, 0) is 51.6 Å². The number of hydrogen-bond acceptors (Lipinski definition) is 4. The molecule has 1 N–H and O–H groups in total. The Bertz CT molecular complexity index is 943. The molecule has 0 saturated carbocycles. The van der Waals surface area contributed by atoms with Gasteiger partial charge in [-0.2, -0.15) is 0 Å². The maximum Gasteiger partial charge on any atom is 0.408 e. The summed E-state index contributed by atoms with van der Waals surface area (Å²) in [7, 11) is -1.17. The minimum atomic E-state index is -1.17. The van der Waals surface area contributed by atoms with E-state index >= 15 is 0 Å². The van der Waals surface area contributed by atoms with Gasteiger partial charge in [0.05, 0.1) is 11.7 Å². The first kappa shape index (κ1) is 26.5. The van der Waals surface area contributed by atoms with Crippen LogP contribution in [0.5, 0.6) is 0 Å². The molecule has 3 rings (SSSR count). The second kappa shape index (κ2) is 11.5. The zero-order chi connectivity index (χ0) is 24.8. The van der Waals surface area contributed by atoms with E-state index in [2.05, 4.69) is 60.0 Å². The first-order valence-corrected chi connectivity index (χ1v) is 16.5. The number of carbonyl (C=O) groups is 1. The molecule has 2 bridgehead atoms. The van der Waals surface area contributed by atoms with Gasteiger partial charge >= 0.3 is 6.09 Å². The second-order valence-corrected chi connectivity index (χ2v) is 17.2. The molecule has 1 aromatic carbocycles. The molecule has 2 heterocycles. The molecular formula is C27H43N3O3Si. The lowest BCUT2D eigenvalue weighted by Gasteiger charge is -2.24. The van der Waals surface area contributed by atoms with E-state index in [-0.39, 0.29) is 6.04 Å². The molecule has 1 aliphatic rings. The van der Waals surface area contributed by atoms with Crippen molar-refractivity contribution < 1.29 is 14.3 Å². The summed E-state index contributed by atoms with van der Waals surface area (Å²) in [4.78, 5) is 17.8. The fourth-order valence-electron chi connectivity index (χ4n) is 4.20. The van der Waals surface area contributed by atoms with Crippen LogP contribution in [0.2, 0.25) is 25.7 Å². The van der Waals surface area contributed by atoms with Crippen LogP contribution < -0.4 is 5.32 Å². The quantitative estimate of drug-likeness (QED) is 0.356. The van der Waals surface area contributed by atoms with Crippen LogP contribution in [0.4, 0.5) is 4.79 Å². The van der Waals surface area contributed by atoms with E-state index in [0.717, 1.165) is 56.3 Å². The molecule has 1 aliphatic heterocycles. The molecule has 1 unspecified atom stereocenters. The number of aryl methyl sites for hydroxylation is 1. The Labute approximate surface area is 206 Å². The number of benzene rings is 1. The van der Waals surface area contributed by atoms with Gasteiger partial charge < -0.3 is 19.4 Å². The van der Waals surface area contributed by atoms with E-state index in [4.69, 9.17) is 14.5 Å². The van der Waals surface area contributed by atoms with Crippen molar-refractivity contribution in [1.82, 2.24) is 14.9 Å². The lowest BCUT2D eigenvalue weighted by atomic mass is 9.98. The van der Waals surface area contributed by atoms with Crippen molar-refractivity contribution in [2.75, 3.05) is 6.61 Å². The average molecular weight is 486 g/mol. The van der Waals surface area contributed by atoms with Crippen molar-refractivity contribution in [2.45, 2.75) is 103 Å². The Balaban J connectivity index is 1.92. The number of ether oxygens (including phenoxy) is 2. The fraction of sp³-hybridized carbons (Fsp3) is 0.630. The molecule has 0 spiro atoms. The van der Waals surface area contributed by atoms with Gasteiger partial charge in [0.25, 0.3) is 0 Å². The summed E-state index contributed by atoms with van der Waals surface area (Å²) < 4.78 is 13.8. The monoisotopic (exact) mass is 485 g/mol. The second-order valence-electron chi connectivity index (χ2n) is 11.6. The van der Waals surface area contributed by atoms with E-state index in [1.807, 2.05) is 20.8 Å². The molecule has 188 valence electrons. The average Bonchev–Trinajstić information content (AvgIpc) is 3.14. The third kappa shape index (κ3) is 8.27. The van der Waals surface area contributed by atoms with E-state index in [9.17, 15) is 4.79 Å². The smallest absolute Gasteiger partial charge is 0.408 e. The molecular weight excluding hydrogens is 442 g/mol. The molecule has 7 heteroatoms. The summed E-state index contributed by atoms with van der Waals surface area (Å²) in [6, 6.07) is 9.43. The summed E-state index contributed by atoms with van der Waals surface area (Å²) in [6.07, 6.45) is 8.08. The summed E-state index contributed by atoms with van der Waals surface area (Å²) >= 11 is 0. The fourth-order valence-corrected chi connectivity index (χ4v) is 4.96. The predicted molar refractivity (Wildman–Crippen MR) is 141 cm³/mol. The molecule has 1 atom stereocenters. The summed E-state index contributed by atoms with van der Waals surface area (Å²) in [6.45, 7) is 13.9. The zero-order valence-corrected chi connectivity index (χ0v) is 22.9. The van der Waals surface area contributed by atoms with E-state index in [1.165, 1.54) is 17.5 Å². The molecule has 6 nitrogen and oxygen atoms in total. The zero-order valence-electron chi connectivity index (χ0n) is 21.9. The van der Waals surface area contributed by atoms with Gasteiger partial charge in [0.1, 0.15) is 18.2 Å². The number of rotatable bonds is 6. The van der Waals surface area contributed by atoms with Crippen LogP contribution in [0.3, 0.4) is 0 Å². The highest BCUT2D eigenvalue weighted by Gasteiger charge is 2.25. The topological polar surface area (TPSA) is 65.4 Å². The number of imidazole rings is 1. The number of fused-ring (bicyclic) bond motifs is 4. The van der Waals surface area contributed by atoms with Gasteiger partial charge in [-0.1, -0.05) is 63.2 Å². The molecule has 0 saturated heterocycles. The number of nitrogens with zero attached hydrogens (tertiary/aromatic N) is 2. The van der Waals surface area contributed by atoms with Crippen molar-refractivity contribution in [3.05, 3.63) is 41.9 Å². The largest absolute Gasteiger partial charge is 0.444 e. The van der Waals surface area contributed by atoms with Crippen LogP contribution in [0, 0.1) is 0 Å². The third-order valence-electron chi connectivity index (χ3n) is 6.02. The van der Waals surface area contributed by atoms with Crippen LogP contribution in [-0.4, -0.2) is 35.9 Å². The highest BCUT2D eigenvalue weighted by atomic mass is 28.3. The lowest BCUT2D eigenvalue weighted by molar-refractivity contribution is 0.0487. The van der Waals surface area contributed by atoms with Gasteiger partial charge in [0.2, 0.25) is 0 Å². The minimum Gasteiger partial charge on any atom is -0.444 e. The van der Waals surface area contributed by atoms with Crippen molar-refractivity contribution in [3.8, 4) is 11.3 Å². The van der Waals surface area contributed by atoms with E-state index in [0.29, 0.717) is 6.73 Å². The maximum atomic E-state index is 12.7. The maximum absolute atomic E-state index is 12.7. The number of carbonyl (C=O) groups excluding carboxylic acids is 1. The van der Waals surface area contributed by atoms with Gasteiger partial charge in [0.15, 0.2) is 0 Å². The Morgan fingerprint density at radius 1 is 1.15 bits per heavy atom. The molecule has 2 aromatic rings. The number of nitrogens with one attached hydrogen (secondary N) is 1. The van der Waals surface area contributed by atoms with Gasteiger partial charge in [-0.25, -0.2) is 9.78 Å². The standard InChI is InChI=1S/C27H43N3O3Si/c1-27(2,3)33-26(31)29-23-16-10-8-7-9-13-21-14-11-12-15-22(21)24-19-30(25(23)28-24)20-32-17-18-34(4,5)6/h11-12,14-15,19,23H,7-10,13,16-18,20H2,1-6H3,(H,29,31).